The van der Waals surface area contributed by atoms with Crippen LogP contribution in [0, 0.1) is 5.92 Å². The van der Waals surface area contributed by atoms with Gasteiger partial charge in [-0.2, -0.15) is 0 Å². The lowest BCUT2D eigenvalue weighted by Gasteiger charge is -2.17. The summed E-state index contributed by atoms with van der Waals surface area (Å²) in [6, 6.07) is 6.45. The Morgan fingerprint density at radius 1 is 1.19 bits per heavy atom. The number of thiophene rings is 1. The number of ether oxygens (including phenoxy) is 1. The Balaban J connectivity index is 1.97. The maximum absolute atomic E-state index is 12.6. The van der Waals surface area contributed by atoms with Gasteiger partial charge in [0.1, 0.15) is 10.6 Å². The Labute approximate surface area is 164 Å². The van der Waals surface area contributed by atoms with Crippen LogP contribution in [-0.2, 0) is 22.4 Å². The molecule has 4 nitrogen and oxygen atoms in total. The summed E-state index contributed by atoms with van der Waals surface area (Å²) < 4.78 is 5.28. The average molecular weight is 386 g/mol. The Hall–Kier alpha value is -2.14. The lowest BCUT2D eigenvalue weighted by molar-refractivity contribution is -0.116. The molecular formula is C22H27NO3S. The van der Waals surface area contributed by atoms with Crippen molar-refractivity contribution in [3.63, 3.8) is 0 Å². The fourth-order valence-corrected chi connectivity index (χ4v) is 4.49. The quantitative estimate of drug-likeness (QED) is 0.672. The number of hydrogen-bond acceptors (Lipinski definition) is 4. The highest BCUT2D eigenvalue weighted by molar-refractivity contribution is 7.15. The van der Waals surface area contributed by atoms with Gasteiger partial charge in [0.05, 0.1) is 6.61 Å². The van der Waals surface area contributed by atoms with Gasteiger partial charge in [0.15, 0.2) is 0 Å². The van der Waals surface area contributed by atoms with Crippen molar-refractivity contribution >= 4 is 28.2 Å². The predicted molar refractivity (Wildman–Crippen MR) is 110 cm³/mol. The van der Waals surface area contributed by atoms with Crippen LogP contribution < -0.4 is 5.32 Å². The minimum absolute atomic E-state index is 0.0746. The molecule has 0 saturated heterocycles. The van der Waals surface area contributed by atoms with E-state index in [0.717, 1.165) is 24.0 Å². The van der Waals surface area contributed by atoms with E-state index in [2.05, 4.69) is 23.5 Å². The normalized spacial score (nSPS) is 13.3. The topological polar surface area (TPSA) is 55.4 Å². The lowest BCUT2D eigenvalue weighted by Crippen LogP contribution is -2.16. The number of nitrogens with one attached hydrogen (secondary N) is 1. The molecule has 0 aliphatic heterocycles. The standard InChI is InChI=1S/C22H27NO3S/c1-4-26-22(25)20-18(13-27-21(20)23-19(24)11-14(2)3)17-10-9-15-7-5-6-8-16(15)12-17/h9-10,12-14H,4-8,11H2,1-3H3,(H,23,24). The van der Waals surface area contributed by atoms with Gasteiger partial charge in [0, 0.05) is 17.4 Å². The van der Waals surface area contributed by atoms with Crippen molar-refractivity contribution in [2.24, 2.45) is 5.92 Å². The molecule has 0 atom stereocenters. The van der Waals surface area contributed by atoms with Gasteiger partial charge >= 0.3 is 5.97 Å². The molecule has 0 unspecified atom stereocenters. The second kappa shape index (κ2) is 8.70. The molecule has 3 rings (SSSR count). The van der Waals surface area contributed by atoms with E-state index < -0.39 is 0 Å². The highest BCUT2D eigenvalue weighted by Crippen LogP contribution is 2.38. The van der Waals surface area contributed by atoms with Gasteiger partial charge in [-0.15, -0.1) is 11.3 Å². The van der Waals surface area contributed by atoms with E-state index in [1.165, 1.54) is 35.3 Å². The summed E-state index contributed by atoms with van der Waals surface area (Å²) in [6.45, 7) is 6.09. The van der Waals surface area contributed by atoms with E-state index in [1.54, 1.807) is 6.92 Å². The molecular weight excluding hydrogens is 358 g/mol. The third-order valence-electron chi connectivity index (χ3n) is 4.78. The van der Waals surface area contributed by atoms with Crippen LogP contribution in [0.3, 0.4) is 0 Å². The number of carbonyl (C=O) groups is 2. The Morgan fingerprint density at radius 2 is 1.93 bits per heavy atom. The van der Waals surface area contributed by atoms with Crippen LogP contribution in [0.1, 0.15) is 61.5 Å². The monoisotopic (exact) mass is 385 g/mol. The lowest BCUT2D eigenvalue weighted by atomic mass is 9.89. The van der Waals surface area contributed by atoms with E-state index >= 15 is 0 Å². The van der Waals surface area contributed by atoms with Crippen LogP contribution in [0.4, 0.5) is 5.00 Å². The van der Waals surface area contributed by atoms with Crippen molar-refractivity contribution in [1.29, 1.82) is 0 Å². The van der Waals surface area contributed by atoms with Gasteiger partial charge in [-0.05, 0) is 55.2 Å². The van der Waals surface area contributed by atoms with E-state index in [4.69, 9.17) is 4.74 Å². The van der Waals surface area contributed by atoms with Crippen LogP contribution in [0.5, 0.6) is 0 Å². The predicted octanol–water partition coefficient (Wildman–Crippen LogP) is 5.46. The number of fused-ring (bicyclic) bond motifs is 1. The number of amides is 1. The molecule has 0 saturated carbocycles. The molecule has 0 bridgehead atoms. The van der Waals surface area contributed by atoms with Gasteiger partial charge in [-0.1, -0.05) is 32.0 Å². The summed E-state index contributed by atoms with van der Waals surface area (Å²) in [5, 5.41) is 5.43. The Morgan fingerprint density at radius 3 is 2.63 bits per heavy atom. The van der Waals surface area contributed by atoms with Crippen LogP contribution in [0.25, 0.3) is 11.1 Å². The first-order chi connectivity index (χ1) is 13.0. The first kappa shape index (κ1) is 19.6. The van der Waals surface area contributed by atoms with Crippen LogP contribution in [0.2, 0.25) is 0 Å². The van der Waals surface area contributed by atoms with Gasteiger partial charge in [0.2, 0.25) is 5.91 Å². The molecule has 1 heterocycles. The highest BCUT2D eigenvalue weighted by atomic mass is 32.1. The Kier molecular flexibility index (Phi) is 6.32. The second-order valence-corrected chi connectivity index (χ2v) is 8.29. The SMILES string of the molecule is CCOC(=O)c1c(-c2ccc3c(c2)CCCC3)csc1NC(=O)CC(C)C. The van der Waals surface area contributed by atoms with Crippen LogP contribution in [-0.4, -0.2) is 18.5 Å². The molecule has 144 valence electrons. The van der Waals surface area contributed by atoms with E-state index in [9.17, 15) is 9.59 Å². The molecule has 1 aromatic heterocycles. The molecule has 0 radical (unpaired) electrons. The number of rotatable bonds is 6. The molecule has 1 amide bonds. The zero-order valence-corrected chi connectivity index (χ0v) is 17.1. The summed E-state index contributed by atoms with van der Waals surface area (Å²) in [5.41, 5.74) is 5.09. The molecule has 27 heavy (non-hydrogen) atoms. The molecule has 2 aromatic rings. The molecule has 1 aliphatic rings. The zero-order chi connectivity index (χ0) is 19.4. The van der Waals surface area contributed by atoms with Gasteiger partial charge in [-0.3, -0.25) is 4.79 Å². The van der Waals surface area contributed by atoms with Crippen molar-refractivity contribution in [3.05, 3.63) is 40.3 Å². The van der Waals surface area contributed by atoms with E-state index in [0.29, 0.717) is 23.6 Å². The summed E-state index contributed by atoms with van der Waals surface area (Å²) in [4.78, 5) is 24.9. The minimum Gasteiger partial charge on any atom is -0.462 e. The average Bonchev–Trinajstić information content (AvgIpc) is 3.04. The smallest absolute Gasteiger partial charge is 0.341 e. The highest BCUT2D eigenvalue weighted by Gasteiger charge is 2.23. The maximum Gasteiger partial charge on any atom is 0.341 e. The van der Waals surface area contributed by atoms with Gasteiger partial charge < -0.3 is 10.1 Å². The van der Waals surface area contributed by atoms with Gasteiger partial charge in [0.25, 0.3) is 0 Å². The molecule has 5 heteroatoms. The molecule has 1 aromatic carbocycles. The first-order valence-corrected chi connectivity index (χ1v) is 10.6. The van der Waals surface area contributed by atoms with Crippen molar-refractivity contribution in [3.8, 4) is 11.1 Å². The van der Waals surface area contributed by atoms with E-state index in [1.807, 2.05) is 19.2 Å². The number of aryl methyl sites for hydroxylation is 2. The van der Waals surface area contributed by atoms with E-state index in [-0.39, 0.29) is 17.8 Å². The number of anilines is 1. The summed E-state index contributed by atoms with van der Waals surface area (Å²) in [6.07, 6.45) is 5.08. The molecule has 1 aliphatic carbocycles. The van der Waals surface area contributed by atoms with Crippen molar-refractivity contribution in [1.82, 2.24) is 0 Å². The van der Waals surface area contributed by atoms with Crippen molar-refractivity contribution in [2.75, 3.05) is 11.9 Å². The molecule has 0 spiro atoms. The van der Waals surface area contributed by atoms with Crippen LogP contribution in [0.15, 0.2) is 23.6 Å². The third kappa shape index (κ3) is 4.59. The number of esters is 1. The molecule has 0 fully saturated rings. The fraction of sp³-hybridized carbons (Fsp3) is 0.455. The summed E-state index contributed by atoms with van der Waals surface area (Å²) in [5.74, 6) is -0.197. The van der Waals surface area contributed by atoms with Gasteiger partial charge in [-0.25, -0.2) is 4.79 Å². The second-order valence-electron chi connectivity index (χ2n) is 7.41. The summed E-state index contributed by atoms with van der Waals surface area (Å²) >= 11 is 1.39. The number of benzene rings is 1. The number of carbonyl (C=O) groups excluding carboxylic acids is 2. The number of hydrogen-bond donors (Lipinski definition) is 1. The van der Waals surface area contributed by atoms with Crippen molar-refractivity contribution in [2.45, 2.75) is 52.9 Å². The third-order valence-corrected chi connectivity index (χ3v) is 5.67. The first-order valence-electron chi connectivity index (χ1n) is 9.70. The fourth-order valence-electron chi connectivity index (χ4n) is 3.52. The van der Waals surface area contributed by atoms with Crippen molar-refractivity contribution < 1.29 is 14.3 Å². The zero-order valence-electron chi connectivity index (χ0n) is 16.3. The summed E-state index contributed by atoms with van der Waals surface area (Å²) in [7, 11) is 0. The maximum atomic E-state index is 12.6. The van der Waals surface area contributed by atoms with Crippen LogP contribution >= 0.6 is 11.3 Å². The largest absolute Gasteiger partial charge is 0.462 e. The minimum atomic E-state index is -0.383. The molecule has 1 N–H and O–H groups in total. The Bertz CT molecular complexity index is 838.